The molecular weight excluding hydrogens is 200 g/mol. The number of aryl methyl sites for hydroxylation is 1. The van der Waals surface area contributed by atoms with Crippen molar-refractivity contribution in [3.05, 3.63) is 41.3 Å². The number of nitrogens with one attached hydrogen (secondary N) is 1. The summed E-state index contributed by atoms with van der Waals surface area (Å²) in [5.41, 5.74) is 8.61. The molecule has 0 aliphatic rings. The van der Waals surface area contributed by atoms with Crippen LogP contribution in [0.5, 0.6) is 0 Å². The molecule has 2 aromatic rings. The fourth-order valence-corrected chi connectivity index (χ4v) is 1.65. The molecule has 2 rings (SSSR count). The average molecular weight is 216 g/mol. The van der Waals surface area contributed by atoms with Gasteiger partial charge in [0.2, 0.25) is 0 Å². The van der Waals surface area contributed by atoms with Gasteiger partial charge in [-0.15, -0.1) is 0 Å². The zero-order valence-electron chi connectivity index (χ0n) is 9.78. The maximum absolute atomic E-state index is 5.62. The molecule has 84 valence electrons. The molecule has 0 atom stereocenters. The Hall–Kier alpha value is -1.84. The predicted molar refractivity (Wildman–Crippen MR) is 64.1 cm³/mol. The topological polar surface area (TPSA) is 67.6 Å². The van der Waals surface area contributed by atoms with Crippen LogP contribution in [-0.2, 0) is 5.41 Å². The van der Waals surface area contributed by atoms with E-state index < -0.39 is 0 Å². The quantitative estimate of drug-likeness (QED) is 0.807. The minimum Gasteiger partial charge on any atom is -0.382 e. The zero-order valence-corrected chi connectivity index (χ0v) is 9.78. The molecule has 2 heterocycles. The second-order valence-corrected chi connectivity index (χ2v) is 4.52. The normalized spacial score (nSPS) is 11.7. The Balaban J connectivity index is 2.42. The smallest absolute Gasteiger partial charge is 0.145 e. The van der Waals surface area contributed by atoms with Gasteiger partial charge in [0, 0.05) is 29.1 Å². The highest BCUT2D eigenvalue weighted by Crippen LogP contribution is 2.30. The van der Waals surface area contributed by atoms with E-state index >= 15 is 0 Å². The number of rotatable bonds is 2. The SMILES string of the molecule is Cc1ccc(C(C)(C)c2cc(N)n[nH]2)cn1. The van der Waals surface area contributed by atoms with E-state index in [1.807, 2.05) is 25.3 Å². The molecule has 0 fully saturated rings. The third-order valence-corrected chi connectivity index (χ3v) is 2.90. The molecule has 0 saturated carbocycles. The second kappa shape index (κ2) is 3.63. The van der Waals surface area contributed by atoms with Gasteiger partial charge in [0.1, 0.15) is 5.82 Å². The van der Waals surface area contributed by atoms with E-state index in [1.165, 1.54) is 0 Å². The first kappa shape index (κ1) is 10.7. The van der Waals surface area contributed by atoms with Crippen molar-refractivity contribution < 1.29 is 0 Å². The summed E-state index contributed by atoms with van der Waals surface area (Å²) in [5.74, 6) is 0.517. The van der Waals surface area contributed by atoms with Gasteiger partial charge in [0.25, 0.3) is 0 Å². The lowest BCUT2D eigenvalue weighted by molar-refractivity contribution is 0.610. The summed E-state index contributed by atoms with van der Waals surface area (Å²) in [7, 11) is 0. The largest absolute Gasteiger partial charge is 0.382 e. The summed E-state index contributed by atoms with van der Waals surface area (Å²) in [6.07, 6.45) is 1.90. The summed E-state index contributed by atoms with van der Waals surface area (Å²) in [5, 5.41) is 6.91. The molecule has 0 unspecified atom stereocenters. The number of hydrogen-bond donors (Lipinski definition) is 2. The molecule has 0 radical (unpaired) electrons. The molecule has 0 bridgehead atoms. The number of nitrogen functional groups attached to an aromatic ring is 1. The second-order valence-electron chi connectivity index (χ2n) is 4.52. The van der Waals surface area contributed by atoms with E-state index in [-0.39, 0.29) is 5.41 Å². The van der Waals surface area contributed by atoms with E-state index in [1.54, 1.807) is 0 Å². The van der Waals surface area contributed by atoms with Gasteiger partial charge >= 0.3 is 0 Å². The number of pyridine rings is 1. The number of hydrogen-bond acceptors (Lipinski definition) is 3. The first-order valence-electron chi connectivity index (χ1n) is 5.24. The standard InChI is InChI=1S/C12H16N4/c1-8-4-5-9(7-14-8)12(2,3)10-6-11(13)16-15-10/h4-7H,1-3H3,(H3,13,15,16). The monoisotopic (exact) mass is 216 g/mol. The summed E-state index contributed by atoms with van der Waals surface area (Å²) < 4.78 is 0. The fraction of sp³-hybridized carbons (Fsp3) is 0.333. The molecule has 16 heavy (non-hydrogen) atoms. The maximum Gasteiger partial charge on any atom is 0.145 e. The van der Waals surface area contributed by atoms with Gasteiger partial charge in [0.15, 0.2) is 0 Å². The molecule has 4 nitrogen and oxygen atoms in total. The highest BCUT2D eigenvalue weighted by atomic mass is 15.2. The van der Waals surface area contributed by atoms with Crippen LogP contribution in [0.25, 0.3) is 0 Å². The van der Waals surface area contributed by atoms with Crippen molar-refractivity contribution >= 4 is 5.82 Å². The Morgan fingerprint density at radius 2 is 2.06 bits per heavy atom. The summed E-state index contributed by atoms with van der Waals surface area (Å²) in [6, 6.07) is 5.95. The Morgan fingerprint density at radius 1 is 1.31 bits per heavy atom. The van der Waals surface area contributed by atoms with Crippen molar-refractivity contribution in [1.29, 1.82) is 0 Å². The third kappa shape index (κ3) is 1.78. The van der Waals surface area contributed by atoms with Gasteiger partial charge in [0.05, 0.1) is 0 Å². The minimum absolute atomic E-state index is 0.161. The van der Waals surface area contributed by atoms with Crippen LogP contribution in [-0.4, -0.2) is 15.2 Å². The van der Waals surface area contributed by atoms with Crippen molar-refractivity contribution in [3.8, 4) is 0 Å². The number of H-pyrrole nitrogens is 1. The first-order chi connectivity index (χ1) is 7.50. The van der Waals surface area contributed by atoms with Crippen LogP contribution < -0.4 is 5.73 Å². The van der Waals surface area contributed by atoms with Gasteiger partial charge in [-0.2, -0.15) is 5.10 Å². The van der Waals surface area contributed by atoms with Crippen molar-refractivity contribution in [2.24, 2.45) is 0 Å². The molecule has 0 amide bonds. The molecule has 0 saturated heterocycles. The Labute approximate surface area is 94.9 Å². The Kier molecular flexibility index (Phi) is 2.42. The summed E-state index contributed by atoms with van der Waals surface area (Å²) in [6.45, 7) is 6.21. The van der Waals surface area contributed by atoms with E-state index in [0.717, 1.165) is 17.0 Å². The molecule has 3 N–H and O–H groups in total. The Morgan fingerprint density at radius 3 is 2.56 bits per heavy atom. The Bertz CT molecular complexity index is 482. The van der Waals surface area contributed by atoms with Crippen LogP contribution in [0.4, 0.5) is 5.82 Å². The lowest BCUT2D eigenvalue weighted by Crippen LogP contribution is -2.19. The molecular formula is C12H16N4. The molecule has 0 spiro atoms. The van der Waals surface area contributed by atoms with Gasteiger partial charge in [-0.3, -0.25) is 10.1 Å². The highest BCUT2D eigenvalue weighted by molar-refractivity contribution is 5.38. The van der Waals surface area contributed by atoms with Crippen LogP contribution in [0.2, 0.25) is 0 Å². The number of aromatic nitrogens is 3. The molecule has 0 aliphatic heterocycles. The minimum atomic E-state index is -0.161. The fourth-order valence-electron chi connectivity index (χ4n) is 1.65. The van der Waals surface area contributed by atoms with E-state index in [9.17, 15) is 0 Å². The van der Waals surface area contributed by atoms with Crippen molar-refractivity contribution in [2.45, 2.75) is 26.2 Å². The first-order valence-corrected chi connectivity index (χ1v) is 5.24. The number of nitrogens with two attached hydrogens (primary N) is 1. The van der Waals surface area contributed by atoms with E-state index in [4.69, 9.17) is 5.73 Å². The predicted octanol–water partition coefficient (Wildman–Crippen LogP) is 2.02. The van der Waals surface area contributed by atoms with Crippen LogP contribution in [0.15, 0.2) is 24.4 Å². The molecule has 4 heteroatoms. The number of nitrogens with zero attached hydrogens (tertiary/aromatic N) is 2. The van der Waals surface area contributed by atoms with Crippen molar-refractivity contribution in [1.82, 2.24) is 15.2 Å². The third-order valence-electron chi connectivity index (χ3n) is 2.90. The number of aromatic amines is 1. The van der Waals surface area contributed by atoms with Crippen LogP contribution in [0.3, 0.4) is 0 Å². The van der Waals surface area contributed by atoms with Gasteiger partial charge in [-0.05, 0) is 18.6 Å². The van der Waals surface area contributed by atoms with Crippen LogP contribution in [0.1, 0.15) is 30.8 Å². The maximum atomic E-state index is 5.62. The lowest BCUT2D eigenvalue weighted by atomic mass is 9.82. The van der Waals surface area contributed by atoms with Gasteiger partial charge < -0.3 is 5.73 Å². The molecule has 2 aromatic heterocycles. The number of anilines is 1. The van der Waals surface area contributed by atoms with Gasteiger partial charge in [-0.25, -0.2) is 0 Å². The molecule has 0 aliphatic carbocycles. The van der Waals surface area contributed by atoms with E-state index in [2.05, 4.69) is 35.1 Å². The molecule has 0 aromatic carbocycles. The van der Waals surface area contributed by atoms with Crippen molar-refractivity contribution in [3.63, 3.8) is 0 Å². The zero-order chi connectivity index (χ0) is 11.8. The average Bonchev–Trinajstić information content (AvgIpc) is 2.66. The van der Waals surface area contributed by atoms with Crippen LogP contribution >= 0.6 is 0 Å². The highest BCUT2D eigenvalue weighted by Gasteiger charge is 2.25. The van der Waals surface area contributed by atoms with Crippen molar-refractivity contribution in [2.75, 3.05) is 5.73 Å². The summed E-state index contributed by atoms with van der Waals surface area (Å²) >= 11 is 0. The van der Waals surface area contributed by atoms with Gasteiger partial charge in [-0.1, -0.05) is 19.9 Å². The lowest BCUT2D eigenvalue weighted by Gasteiger charge is -2.23. The van der Waals surface area contributed by atoms with E-state index in [0.29, 0.717) is 5.82 Å². The van der Waals surface area contributed by atoms with Crippen LogP contribution in [0, 0.1) is 6.92 Å². The summed E-state index contributed by atoms with van der Waals surface area (Å²) in [4.78, 5) is 4.31.